The van der Waals surface area contributed by atoms with Crippen LogP contribution in [0.15, 0.2) is 0 Å². The van der Waals surface area contributed by atoms with Gasteiger partial charge >= 0.3 is 12.4 Å². The van der Waals surface area contributed by atoms with Crippen molar-refractivity contribution in [3.8, 4) is 0 Å². The summed E-state index contributed by atoms with van der Waals surface area (Å²) in [6.45, 7) is 8.07. The van der Waals surface area contributed by atoms with Crippen molar-refractivity contribution < 1.29 is 26.3 Å². The fourth-order valence-corrected chi connectivity index (χ4v) is 3.57. The maximum Gasteiger partial charge on any atom is 0.402 e. The molecule has 0 aromatic carbocycles. The number of alkyl halides is 6. The summed E-state index contributed by atoms with van der Waals surface area (Å²) in [5.41, 5.74) is -4.51. The van der Waals surface area contributed by atoms with Crippen molar-refractivity contribution in [3.63, 3.8) is 0 Å². The zero-order valence-electron chi connectivity index (χ0n) is 13.9. The van der Waals surface area contributed by atoms with Crippen molar-refractivity contribution in [3.05, 3.63) is 0 Å². The first-order valence-corrected chi connectivity index (χ1v) is 7.65. The van der Waals surface area contributed by atoms with E-state index < -0.39 is 29.6 Å². The molecular weight excluding hydrogens is 306 g/mol. The van der Waals surface area contributed by atoms with E-state index in [1.165, 1.54) is 0 Å². The van der Waals surface area contributed by atoms with E-state index in [1.54, 1.807) is 6.92 Å². The van der Waals surface area contributed by atoms with E-state index in [0.717, 1.165) is 0 Å². The van der Waals surface area contributed by atoms with Gasteiger partial charge in [-0.25, -0.2) is 0 Å². The summed E-state index contributed by atoms with van der Waals surface area (Å²) in [5, 5.41) is 0. The normalized spacial score (nSPS) is 28.8. The van der Waals surface area contributed by atoms with Crippen molar-refractivity contribution in [1.82, 2.24) is 0 Å². The van der Waals surface area contributed by atoms with E-state index in [-0.39, 0.29) is 5.41 Å². The predicted octanol–water partition coefficient (Wildman–Crippen LogP) is 6.75. The highest BCUT2D eigenvalue weighted by Crippen LogP contribution is 2.59. The molecule has 1 saturated carbocycles. The lowest BCUT2D eigenvalue weighted by atomic mass is 9.60. The zero-order valence-corrected chi connectivity index (χ0v) is 13.9. The summed E-state index contributed by atoms with van der Waals surface area (Å²) in [6, 6.07) is 0. The fraction of sp³-hybridized carbons (Fsp3) is 1.00. The van der Waals surface area contributed by atoms with E-state index >= 15 is 0 Å². The zero-order chi connectivity index (χ0) is 17.6. The van der Waals surface area contributed by atoms with E-state index in [4.69, 9.17) is 0 Å². The molecule has 0 N–H and O–H groups in total. The Morgan fingerprint density at radius 1 is 0.818 bits per heavy atom. The quantitative estimate of drug-likeness (QED) is 0.491. The maximum atomic E-state index is 13.1. The molecule has 0 aromatic rings. The highest BCUT2D eigenvalue weighted by Gasteiger charge is 2.68. The molecule has 0 spiro atoms. The van der Waals surface area contributed by atoms with Gasteiger partial charge in [0.25, 0.3) is 0 Å². The van der Waals surface area contributed by atoms with Gasteiger partial charge in [-0.1, -0.05) is 27.7 Å². The van der Waals surface area contributed by atoms with Crippen LogP contribution in [-0.2, 0) is 0 Å². The summed E-state index contributed by atoms with van der Waals surface area (Å²) in [4.78, 5) is 0. The SMILES string of the molecule is CC1(CC(C)(C(F)(F)F)C(F)(F)F)CCC(C(C)(C)C)CC1. The van der Waals surface area contributed by atoms with Crippen molar-refractivity contribution >= 4 is 0 Å². The Balaban J connectivity index is 2.93. The van der Waals surface area contributed by atoms with Gasteiger partial charge in [-0.15, -0.1) is 0 Å². The summed E-state index contributed by atoms with van der Waals surface area (Å²) in [6.07, 6.45) is -9.25. The topological polar surface area (TPSA) is 0 Å². The van der Waals surface area contributed by atoms with Crippen LogP contribution in [-0.4, -0.2) is 12.4 Å². The van der Waals surface area contributed by atoms with Gasteiger partial charge in [0.05, 0.1) is 0 Å². The molecule has 22 heavy (non-hydrogen) atoms. The molecule has 0 heterocycles. The molecule has 1 rings (SSSR count). The molecule has 0 aliphatic heterocycles. The van der Waals surface area contributed by atoms with Crippen LogP contribution in [0.3, 0.4) is 0 Å². The smallest absolute Gasteiger partial charge is 0.170 e. The fourth-order valence-electron chi connectivity index (χ4n) is 3.57. The van der Waals surface area contributed by atoms with Crippen LogP contribution in [0.4, 0.5) is 26.3 Å². The van der Waals surface area contributed by atoms with Crippen LogP contribution in [0, 0.1) is 22.2 Å². The number of halogens is 6. The Labute approximate surface area is 128 Å². The predicted molar refractivity (Wildman–Crippen MR) is 74.4 cm³/mol. The highest BCUT2D eigenvalue weighted by atomic mass is 19.4. The molecule has 0 nitrogen and oxygen atoms in total. The second kappa shape index (κ2) is 5.59. The molecule has 0 atom stereocenters. The van der Waals surface area contributed by atoms with Gasteiger partial charge in [0.1, 0.15) is 0 Å². The summed E-state index contributed by atoms with van der Waals surface area (Å²) < 4.78 is 78.4. The lowest BCUT2D eigenvalue weighted by Crippen LogP contribution is -2.51. The van der Waals surface area contributed by atoms with Gasteiger partial charge in [-0.05, 0) is 55.8 Å². The van der Waals surface area contributed by atoms with Gasteiger partial charge in [0.2, 0.25) is 0 Å². The molecule has 0 aromatic heterocycles. The monoisotopic (exact) mass is 332 g/mol. The van der Waals surface area contributed by atoms with Crippen molar-refractivity contribution in [2.24, 2.45) is 22.2 Å². The third kappa shape index (κ3) is 3.91. The average molecular weight is 332 g/mol. The van der Waals surface area contributed by atoms with Gasteiger partial charge in [-0.2, -0.15) is 26.3 Å². The van der Waals surface area contributed by atoms with Crippen molar-refractivity contribution in [1.29, 1.82) is 0 Å². The summed E-state index contributed by atoms with van der Waals surface area (Å²) >= 11 is 0. The largest absolute Gasteiger partial charge is 0.402 e. The molecule has 1 aliphatic carbocycles. The van der Waals surface area contributed by atoms with E-state index in [0.29, 0.717) is 38.5 Å². The minimum absolute atomic E-state index is 0.0404. The second-order valence-electron chi connectivity index (χ2n) is 8.46. The lowest BCUT2D eigenvalue weighted by Gasteiger charge is -2.46. The Morgan fingerprint density at radius 3 is 1.45 bits per heavy atom. The molecular formula is C16H26F6. The number of rotatable bonds is 2. The lowest BCUT2D eigenvalue weighted by molar-refractivity contribution is -0.343. The Bertz CT molecular complexity index is 363. The standard InChI is InChI=1S/C16H26F6/c1-12(2,3)11-6-8-13(4,9-7-11)10-14(5,15(17,18)19)16(20,21)22/h11H,6-10H2,1-5H3. The van der Waals surface area contributed by atoms with Crippen molar-refractivity contribution in [2.45, 2.75) is 79.1 Å². The first kappa shape index (κ1) is 19.6. The van der Waals surface area contributed by atoms with Crippen LogP contribution < -0.4 is 0 Å². The maximum absolute atomic E-state index is 13.1. The van der Waals surface area contributed by atoms with E-state index in [1.807, 2.05) is 0 Å². The van der Waals surface area contributed by atoms with E-state index in [9.17, 15) is 26.3 Å². The van der Waals surface area contributed by atoms with Crippen LogP contribution in [0.1, 0.15) is 66.7 Å². The first-order chi connectivity index (χ1) is 9.52. The minimum atomic E-state index is -5.28. The Kier molecular flexibility index (Phi) is 4.98. The van der Waals surface area contributed by atoms with Crippen LogP contribution in [0.5, 0.6) is 0 Å². The van der Waals surface area contributed by atoms with Gasteiger partial charge in [0, 0.05) is 0 Å². The van der Waals surface area contributed by atoms with Gasteiger partial charge in [0.15, 0.2) is 5.41 Å². The van der Waals surface area contributed by atoms with Crippen LogP contribution >= 0.6 is 0 Å². The van der Waals surface area contributed by atoms with Gasteiger partial charge in [-0.3, -0.25) is 0 Å². The average Bonchev–Trinajstić information content (AvgIpc) is 2.24. The molecule has 0 unspecified atom stereocenters. The Morgan fingerprint density at radius 2 is 1.18 bits per heavy atom. The molecule has 0 radical (unpaired) electrons. The summed E-state index contributed by atoms with van der Waals surface area (Å²) in [5.74, 6) is 0.351. The Hall–Kier alpha value is -0.420. The highest BCUT2D eigenvalue weighted by molar-refractivity contribution is 4.97. The van der Waals surface area contributed by atoms with Crippen LogP contribution in [0.2, 0.25) is 0 Å². The minimum Gasteiger partial charge on any atom is -0.170 e. The number of hydrogen-bond donors (Lipinski definition) is 0. The molecule has 0 saturated heterocycles. The molecule has 1 aliphatic rings. The molecule has 132 valence electrons. The third-order valence-corrected chi connectivity index (χ3v) is 5.45. The van der Waals surface area contributed by atoms with Crippen molar-refractivity contribution in [2.75, 3.05) is 0 Å². The van der Waals surface area contributed by atoms with Crippen LogP contribution in [0.25, 0.3) is 0 Å². The van der Waals surface area contributed by atoms with E-state index in [2.05, 4.69) is 20.8 Å². The van der Waals surface area contributed by atoms with Gasteiger partial charge < -0.3 is 0 Å². The molecule has 1 fully saturated rings. The summed E-state index contributed by atoms with van der Waals surface area (Å²) in [7, 11) is 0. The number of hydrogen-bond acceptors (Lipinski definition) is 0. The molecule has 0 amide bonds. The molecule has 0 bridgehead atoms. The third-order valence-electron chi connectivity index (χ3n) is 5.45. The molecule has 6 heteroatoms. The second-order valence-corrected chi connectivity index (χ2v) is 8.46. The first-order valence-electron chi connectivity index (χ1n) is 7.65.